The van der Waals surface area contributed by atoms with Crippen LogP contribution in [0.2, 0.25) is 5.02 Å². The Morgan fingerprint density at radius 1 is 1.24 bits per heavy atom. The first-order valence-corrected chi connectivity index (χ1v) is 13.7. The number of hydrogen-bond acceptors (Lipinski definition) is 8. The molecule has 2 heterocycles. The molecule has 1 aliphatic rings. The molecule has 1 aliphatic heterocycles. The molecule has 1 aromatic heterocycles. The molecule has 0 radical (unpaired) electrons. The molecule has 0 unspecified atom stereocenters. The van der Waals surface area contributed by atoms with Gasteiger partial charge in [-0.05, 0) is 31.0 Å². The molecule has 0 bridgehead atoms. The van der Waals surface area contributed by atoms with Crippen molar-refractivity contribution in [1.82, 2.24) is 14.5 Å². The number of benzene rings is 1. The van der Waals surface area contributed by atoms with Gasteiger partial charge in [-0.2, -0.15) is 13.2 Å². The van der Waals surface area contributed by atoms with E-state index in [0.29, 0.717) is 17.2 Å². The van der Waals surface area contributed by atoms with Crippen LogP contribution in [0.3, 0.4) is 0 Å². The summed E-state index contributed by atoms with van der Waals surface area (Å²) in [5.41, 5.74) is -1.10. The number of thioether (sulfide) groups is 1. The van der Waals surface area contributed by atoms with Gasteiger partial charge in [0.15, 0.2) is 4.34 Å². The van der Waals surface area contributed by atoms with Gasteiger partial charge >= 0.3 is 6.18 Å². The predicted octanol–water partition coefficient (Wildman–Crippen LogP) is 3.55. The van der Waals surface area contributed by atoms with Gasteiger partial charge in [-0.1, -0.05) is 34.7 Å². The summed E-state index contributed by atoms with van der Waals surface area (Å²) in [5, 5.41) is 12.9. The van der Waals surface area contributed by atoms with E-state index >= 15 is 0 Å². The first kappa shape index (κ1) is 26.7. The maximum atomic E-state index is 12.9. The zero-order valence-electron chi connectivity index (χ0n) is 17.6. The molecule has 34 heavy (non-hydrogen) atoms. The van der Waals surface area contributed by atoms with Crippen LogP contribution in [0.1, 0.15) is 18.4 Å². The van der Waals surface area contributed by atoms with Crippen LogP contribution >= 0.6 is 34.7 Å². The van der Waals surface area contributed by atoms with Crippen LogP contribution in [0.25, 0.3) is 0 Å². The highest BCUT2D eigenvalue weighted by atomic mass is 35.5. The molecule has 0 aliphatic carbocycles. The van der Waals surface area contributed by atoms with Crippen LogP contribution in [0.15, 0.2) is 22.5 Å². The Hall–Kier alpha value is -1.94. The monoisotopic (exact) mass is 557 g/mol. The summed E-state index contributed by atoms with van der Waals surface area (Å²) in [7, 11) is -3.29. The van der Waals surface area contributed by atoms with Crippen molar-refractivity contribution in [2.24, 2.45) is 5.92 Å². The molecular formula is C18H19ClF3N5O4S3. The number of nitrogens with one attached hydrogen (secondary N) is 2. The highest BCUT2D eigenvalue weighted by Gasteiger charge is 2.31. The molecule has 1 fully saturated rings. The van der Waals surface area contributed by atoms with Crippen molar-refractivity contribution in [1.29, 1.82) is 0 Å². The van der Waals surface area contributed by atoms with Crippen molar-refractivity contribution in [2.75, 3.05) is 35.7 Å². The van der Waals surface area contributed by atoms with E-state index in [1.807, 2.05) is 0 Å². The third-order valence-corrected chi connectivity index (χ3v) is 8.43. The minimum absolute atomic E-state index is 0.0327. The molecule has 1 saturated heterocycles. The van der Waals surface area contributed by atoms with Crippen LogP contribution in [0, 0.1) is 5.92 Å². The lowest BCUT2D eigenvalue weighted by atomic mass is 9.97. The molecule has 3 rings (SSSR count). The minimum atomic E-state index is -4.57. The summed E-state index contributed by atoms with van der Waals surface area (Å²) >= 11 is 7.90. The van der Waals surface area contributed by atoms with Crippen molar-refractivity contribution in [3.05, 3.63) is 28.8 Å². The first-order chi connectivity index (χ1) is 15.8. The van der Waals surface area contributed by atoms with E-state index in [2.05, 4.69) is 20.8 Å². The summed E-state index contributed by atoms with van der Waals surface area (Å²) < 4.78 is 63.4. The largest absolute Gasteiger partial charge is 0.416 e. The van der Waals surface area contributed by atoms with Gasteiger partial charge in [-0.15, -0.1) is 10.2 Å². The maximum absolute atomic E-state index is 12.9. The lowest BCUT2D eigenvalue weighted by Gasteiger charge is -2.29. The summed E-state index contributed by atoms with van der Waals surface area (Å²) in [6.07, 6.45) is -2.67. The van der Waals surface area contributed by atoms with Gasteiger partial charge in [0.25, 0.3) is 0 Å². The van der Waals surface area contributed by atoms with E-state index in [1.165, 1.54) is 4.31 Å². The normalized spacial score (nSPS) is 15.8. The third-order valence-electron chi connectivity index (χ3n) is 4.82. The molecule has 186 valence electrons. The lowest BCUT2D eigenvalue weighted by Crippen LogP contribution is -2.40. The zero-order chi connectivity index (χ0) is 25.1. The summed E-state index contributed by atoms with van der Waals surface area (Å²) in [5.74, 6) is -1.41. The Kier molecular flexibility index (Phi) is 8.44. The van der Waals surface area contributed by atoms with E-state index < -0.39 is 27.7 Å². The second-order valence-electron chi connectivity index (χ2n) is 7.33. The van der Waals surface area contributed by atoms with Crippen molar-refractivity contribution in [3.8, 4) is 0 Å². The van der Waals surface area contributed by atoms with Gasteiger partial charge in [-0.3, -0.25) is 9.59 Å². The van der Waals surface area contributed by atoms with Crippen molar-refractivity contribution >= 4 is 67.4 Å². The van der Waals surface area contributed by atoms with Crippen molar-refractivity contribution in [3.63, 3.8) is 0 Å². The highest BCUT2D eigenvalue weighted by Crippen LogP contribution is 2.34. The highest BCUT2D eigenvalue weighted by molar-refractivity contribution is 8.01. The molecule has 0 atom stereocenters. The second-order valence-corrected chi connectivity index (χ2v) is 11.9. The molecule has 0 saturated carbocycles. The van der Waals surface area contributed by atoms with E-state index in [1.54, 1.807) is 0 Å². The summed E-state index contributed by atoms with van der Waals surface area (Å²) in [4.78, 5) is 24.6. The number of aromatic nitrogens is 2. The number of carbonyl (C=O) groups excluding carboxylic acids is 2. The topological polar surface area (TPSA) is 121 Å². The van der Waals surface area contributed by atoms with E-state index in [0.717, 1.165) is 47.6 Å². The zero-order valence-corrected chi connectivity index (χ0v) is 20.8. The number of halogens is 4. The van der Waals surface area contributed by atoms with Crippen LogP contribution in [-0.2, 0) is 25.8 Å². The van der Waals surface area contributed by atoms with Gasteiger partial charge in [0.05, 0.1) is 28.3 Å². The van der Waals surface area contributed by atoms with Crippen molar-refractivity contribution in [2.45, 2.75) is 23.4 Å². The lowest BCUT2D eigenvalue weighted by molar-refractivity contribution is -0.137. The number of rotatable bonds is 7. The van der Waals surface area contributed by atoms with Crippen LogP contribution in [0.5, 0.6) is 0 Å². The van der Waals surface area contributed by atoms with Gasteiger partial charge in [0.1, 0.15) is 0 Å². The smallest absolute Gasteiger partial charge is 0.324 e. The maximum Gasteiger partial charge on any atom is 0.416 e. The third kappa shape index (κ3) is 7.28. The Morgan fingerprint density at radius 3 is 2.53 bits per heavy atom. The molecular weight excluding hydrogens is 539 g/mol. The molecule has 9 nitrogen and oxygen atoms in total. The fourth-order valence-electron chi connectivity index (χ4n) is 3.09. The van der Waals surface area contributed by atoms with Crippen LogP contribution in [-0.4, -0.2) is 59.8 Å². The molecule has 1 aromatic carbocycles. The Balaban J connectivity index is 1.49. The summed E-state index contributed by atoms with van der Waals surface area (Å²) in [6.45, 7) is 0.526. The number of hydrogen-bond donors (Lipinski definition) is 2. The van der Waals surface area contributed by atoms with E-state index in [4.69, 9.17) is 11.6 Å². The SMILES string of the molecule is CS(=O)(=O)N1CCC(C(=O)Nc2nnc(SCC(=O)Nc3cc(C(F)(F)F)ccc3Cl)s2)CC1. The number of amides is 2. The van der Waals surface area contributed by atoms with Crippen LogP contribution < -0.4 is 10.6 Å². The Morgan fingerprint density at radius 2 is 1.91 bits per heavy atom. The fourth-order valence-corrected chi connectivity index (χ4v) is 5.68. The molecule has 0 spiro atoms. The van der Waals surface area contributed by atoms with E-state index in [9.17, 15) is 31.2 Å². The van der Waals surface area contributed by atoms with Crippen molar-refractivity contribution < 1.29 is 31.2 Å². The van der Waals surface area contributed by atoms with Crippen LogP contribution in [0.4, 0.5) is 24.0 Å². The Labute approximate surface area is 206 Å². The first-order valence-electron chi connectivity index (χ1n) is 9.72. The quantitative estimate of drug-likeness (QED) is 0.394. The van der Waals surface area contributed by atoms with Gasteiger partial charge in [-0.25, -0.2) is 12.7 Å². The number of piperidine rings is 1. The van der Waals surface area contributed by atoms with Gasteiger partial charge < -0.3 is 10.6 Å². The number of anilines is 2. The average Bonchev–Trinajstić information content (AvgIpc) is 3.20. The number of carbonyl (C=O) groups is 2. The summed E-state index contributed by atoms with van der Waals surface area (Å²) in [6, 6.07) is 2.63. The number of nitrogens with zero attached hydrogens (tertiary/aromatic N) is 3. The fraction of sp³-hybridized carbons (Fsp3) is 0.444. The molecule has 2 amide bonds. The van der Waals surface area contributed by atoms with Gasteiger partial charge in [0, 0.05) is 19.0 Å². The molecule has 2 aromatic rings. The van der Waals surface area contributed by atoms with Gasteiger partial charge in [0.2, 0.25) is 27.0 Å². The number of sulfonamides is 1. The molecule has 16 heteroatoms. The number of alkyl halides is 3. The standard InChI is InChI=1S/C18H19ClF3N5O4S3/c1-34(30,31)27-6-4-10(5-7-27)15(29)24-16-25-26-17(33-16)32-9-14(28)23-13-8-11(18(20,21)22)2-3-12(13)19/h2-3,8,10H,4-7,9H2,1H3,(H,23,28)(H,24,25,29). The minimum Gasteiger partial charge on any atom is -0.324 e. The Bertz CT molecular complexity index is 1170. The van der Waals surface area contributed by atoms with E-state index in [-0.39, 0.29) is 46.5 Å². The predicted molar refractivity (Wildman–Crippen MR) is 123 cm³/mol. The second kappa shape index (κ2) is 10.8. The average molecular weight is 558 g/mol. The molecule has 2 N–H and O–H groups in total.